The summed E-state index contributed by atoms with van der Waals surface area (Å²) >= 11 is 4.92. The smallest absolute Gasteiger partial charge is 0.214 e. The second-order valence-corrected chi connectivity index (χ2v) is 9.96. The van der Waals surface area contributed by atoms with Crippen LogP contribution in [-0.4, -0.2) is 34.1 Å². The number of thiol groups is 1. The molecule has 4 rings (SSSR count). The zero-order valence-electron chi connectivity index (χ0n) is 18.2. The van der Waals surface area contributed by atoms with Gasteiger partial charge in [0.05, 0.1) is 0 Å². The van der Waals surface area contributed by atoms with Crippen LogP contribution in [0.5, 0.6) is 5.88 Å². The van der Waals surface area contributed by atoms with Gasteiger partial charge >= 0.3 is 0 Å². The molecule has 0 aromatic carbocycles. The minimum atomic E-state index is -0.786. The normalized spacial score (nSPS) is 22.4. The molecule has 2 atom stereocenters. The molecule has 6 heteroatoms. The Kier molecular flexibility index (Phi) is 6.35. The lowest BCUT2D eigenvalue weighted by molar-refractivity contribution is 0.100. The molecule has 30 heavy (non-hydrogen) atoms. The third-order valence-corrected chi connectivity index (χ3v) is 6.90. The number of aryl methyl sites for hydroxylation is 2. The van der Waals surface area contributed by atoms with E-state index in [4.69, 9.17) is 17.4 Å². The first-order valence-corrected chi connectivity index (χ1v) is 11.5. The number of rotatable bonds is 6. The molecule has 3 heterocycles. The fourth-order valence-corrected chi connectivity index (χ4v) is 4.97. The van der Waals surface area contributed by atoms with E-state index < -0.39 is 4.87 Å². The van der Waals surface area contributed by atoms with Gasteiger partial charge in [-0.15, -0.1) is 0 Å². The number of aromatic nitrogens is 2. The Morgan fingerprint density at radius 1 is 1.13 bits per heavy atom. The Labute approximate surface area is 184 Å². The molecule has 4 nitrogen and oxygen atoms in total. The molecule has 1 aliphatic heterocycles. The average Bonchev–Trinajstić information content (AvgIpc) is 2.65. The highest BCUT2D eigenvalue weighted by atomic mass is 32.1. The first kappa shape index (κ1) is 21.6. The van der Waals surface area contributed by atoms with Crippen LogP contribution in [-0.2, 0) is 11.3 Å². The molecule has 0 spiro atoms. The fraction of sp³-hybridized carbons (Fsp3) is 0.583. The fourth-order valence-electron chi connectivity index (χ4n) is 4.63. The molecule has 162 valence electrons. The Hall–Kier alpha value is -1.66. The maximum Gasteiger partial charge on any atom is 0.214 e. The minimum Gasteiger partial charge on any atom is -0.474 e. The molecule has 0 unspecified atom stereocenters. The van der Waals surface area contributed by atoms with Crippen LogP contribution in [0, 0.1) is 25.6 Å². The van der Waals surface area contributed by atoms with Crippen molar-refractivity contribution in [2.45, 2.75) is 70.3 Å². The van der Waals surface area contributed by atoms with Crippen LogP contribution in [0.15, 0.2) is 24.3 Å². The molecule has 0 bridgehead atoms. The Balaban J connectivity index is 1.49. The summed E-state index contributed by atoms with van der Waals surface area (Å²) in [6.07, 6.45) is 6.75. The molecule has 1 saturated heterocycles. The quantitative estimate of drug-likeness (QED) is 0.639. The lowest BCUT2D eigenvalue weighted by Gasteiger charge is -2.42. The minimum absolute atomic E-state index is 0.216. The van der Waals surface area contributed by atoms with Crippen LogP contribution >= 0.6 is 12.6 Å². The number of nitrogens with zero attached hydrogens (tertiary/aromatic N) is 3. The zero-order chi connectivity index (χ0) is 21.3. The monoisotopic (exact) mass is 429 g/mol. The molecule has 2 aromatic heterocycles. The van der Waals surface area contributed by atoms with E-state index in [-0.39, 0.29) is 11.9 Å². The van der Waals surface area contributed by atoms with Gasteiger partial charge < -0.3 is 4.74 Å². The van der Waals surface area contributed by atoms with Gasteiger partial charge in [-0.25, -0.2) is 9.37 Å². The zero-order valence-corrected chi connectivity index (χ0v) is 19.1. The van der Waals surface area contributed by atoms with Crippen LogP contribution in [0.1, 0.15) is 61.7 Å². The first-order valence-electron chi connectivity index (χ1n) is 11.1. The van der Waals surface area contributed by atoms with Crippen LogP contribution in [0.4, 0.5) is 4.39 Å². The summed E-state index contributed by atoms with van der Waals surface area (Å²) in [6.45, 7) is 7.80. The summed E-state index contributed by atoms with van der Waals surface area (Å²) < 4.78 is 20.7. The van der Waals surface area contributed by atoms with Gasteiger partial charge in [0.15, 0.2) is 0 Å². The van der Waals surface area contributed by atoms with Gasteiger partial charge in [0.1, 0.15) is 22.5 Å². The highest BCUT2D eigenvalue weighted by Gasteiger charge is 2.37. The van der Waals surface area contributed by atoms with Crippen LogP contribution in [0.2, 0.25) is 0 Å². The number of ether oxygens (including phenoxy) is 1. The summed E-state index contributed by atoms with van der Waals surface area (Å²) in [4.78, 5) is 10.5. The van der Waals surface area contributed by atoms with Gasteiger partial charge in [0, 0.05) is 24.0 Å². The second kappa shape index (κ2) is 8.83. The number of hydrogen-bond donors (Lipinski definition) is 1. The molecule has 2 aliphatic rings. The second-order valence-electron chi connectivity index (χ2n) is 9.09. The Bertz CT molecular complexity index is 880. The number of hydrogen-bond acceptors (Lipinski definition) is 5. The van der Waals surface area contributed by atoms with Crippen molar-refractivity contribution in [2.75, 3.05) is 13.1 Å². The highest BCUT2D eigenvalue weighted by molar-refractivity contribution is 7.81. The summed E-state index contributed by atoms with van der Waals surface area (Å²) in [5, 5.41) is 0. The highest BCUT2D eigenvalue weighted by Crippen LogP contribution is 2.38. The molecule has 0 amide bonds. The van der Waals surface area contributed by atoms with E-state index in [0.29, 0.717) is 17.5 Å². The SMILES string of the molecule is Cc1cc(C[C@H]2CCCN([C@@](C)(S)c3nc(OC4CCC4)ccc3F)C2)cc(C)n1. The molecule has 1 saturated carbocycles. The molecular weight excluding hydrogens is 397 g/mol. The van der Waals surface area contributed by atoms with Gasteiger partial charge in [0.2, 0.25) is 5.88 Å². The first-order chi connectivity index (χ1) is 14.3. The largest absolute Gasteiger partial charge is 0.474 e. The van der Waals surface area contributed by atoms with E-state index in [1.165, 1.54) is 24.5 Å². The van der Waals surface area contributed by atoms with Crippen molar-refractivity contribution in [3.63, 3.8) is 0 Å². The lowest BCUT2D eigenvalue weighted by Crippen LogP contribution is -2.47. The van der Waals surface area contributed by atoms with Gasteiger partial charge in [0.25, 0.3) is 0 Å². The van der Waals surface area contributed by atoms with Crippen molar-refractivity contribution in [2.24, 2.45) is 5.92 Å². The van der Waals surface area contributed by atoms with E-state index in [1.807, 2.05) is 20.8 Å². The van der Waals surface area contributed by atoms with Crippen molar-refractivity contribution in [3.05, 3.63) is 52.7 Å². The Morgan fingerprint density at radius 2 is 1.87 bits per heavy atom. The van der Waals surface area contributed by atoms with Crippen LogP contribution < -0.4 is 4.74 Å². The predicted molar refractivity (Wildman–Crippen MR) is 121 cm³/mol. The standard InChI is InChI=1S/C24H32FN3OS/c1-16-12-19(13-17(2)26-16)14-18-6-5-11-28(15-18)24(3,30)23-21(25)9-10-22(27-23)29-20-7-4-8-20/h9-10,12-13,18,20,30H,4-8,11,14-15H2,1-3H3/t18-,24+/m1/s1. The van der Waals surface area contributed by atoms with Crippen molar-refractivity contribution < 1.29 is 9.13 Å². The van der Waals surface area contributed by atoms with Crippen LogP contribution in [0.3, 0.4) is 0 Å². The van der Waals surface area contributed by atoms with Crippen molar-refractivity contribution in [3.8, 4) is 5.88 Å². The van der Waals surface area contributed by atoms with E-state index in [1.54, 1.807) is 6.07 Å². The topological polar surface area (TPSA) is 38.2 Å². The summed E-state index contributed by atoms with van der Waals surface area (Å²) in [6, 6.07) is 7.45. The predicted octanol–water partition coefficient (Wildman–Crippen LogP) is 5.22. The third kappa shape index (κ3) is 4.80. The van der Waals surface area contributed by atoms with Crippen LogP contribution in [0.25, 0.3) is 0 Å². The molecular formula is C24H32FN3OS. The van der Waals surface area contributed by atoms with Gasteiger partial charge in [-0.05, 0) is 95.5 Å². The Morgan fingerprint density at radius 3 is 2.53 bits per heavy atom. The number of halogens is 1. The van der Waals surface area contributed by atoms with E-state index in [9.17, 15) is 4.39 Å². The maximum absolute atomic E-state index is 14.8. The van der Waals surface area contributed by atoms with Gasteiger partial charge in [-0.1, -0.05) is 0 Å². The molecule has 2 fully saturated rings. The molecule has 0 radical (unpaired) electrons. The maximum atomic E-state index is 14.8. The van der Waals surface area contributed by atoms with E-state index in [2.05, 4.69) is 27.0 Å². The van der Waals surface area contributed by atoms with E-state index >= 15 is 0 Å². The summed E-state index contributed by atoms with van der Waals surface area (Å²) in [7, 11) is 0. The molecule has 1 aliphatic carbocycles. The van der Waals surface area contributed by atoms with E-state index in [0.717, 1.165) is 50.2 Å². The van der Waals surface area contributed by atoms with Crippen molar-refractivity contribution >= 4 is 12.6 Å². The summed E-state index contributed by atoms with van der Waals surface area (Å²) in [5.41, 5.74) is 3.81. The van der Waals surface area contributed by atoms with Gasteiger partial charge in [-0.3, -0.25) is 9.88 Å². The number of likely N-dealkylation sites (tertiary alicyclic amines) is 1. The van der Waals surface area contributed by atoms with Crippen molar-refractivity contribution in [1.29, 1.82) is 0 Å². The van der Waals surface area contributed by atoms with Crippen molar-refractivity contribution in [1.82, 2.24) is 14.9 Å². The average molecular weight is 430 g/mol. The molecule has 2 aromatic rings. The number of piperidine rings is 1. The lowest BCUT2D eigenvalue weighted by atomic mass is 9.90. The summed E-state index contributed by atoms with van der Waals surface area (Å²) in [5.74, 6) is 0.688. The van der Waals surface area contributed by atoms with Gasteiger partial charge in [-0.2, -0.15) is 12.6 Å². The molecule has 0 N–H and O–H groups in total. The number of pyridine rings is 2. The third-order valence-electron chi connectivity index (χ3n) is 6.41.